The Kier molecular flexibility index (Phi) is 5.27. The molecule has 0 unspecified atom stereocenters. The minimum atomic E-state index is -0.779. The van der Waals surface area contributed by atoms with Gasteiger partial charge in [-0.1, -0.05) is 19.1 Å². The molecule has 2 heterocycles. The molecule has 1 aliphatic heterocycles. The Morgan fingerprint density at radius 2 is 1.67 bits per heavy atom. The van der Waals surface area contributed by atoms with Gasteiger partial charge in [0.15, 0.2) is 0 Å². The maximum absolute atomic E-state index is 12.9. The van der Waals surface area contributed by atoms with Crippen molar-refractivity contribution in [1.29, 1.82) is 0 Å². The van der Waals surface area contributed by atoms with E-state index in [1.807, 2.05) is 6.92 Å². The second kappa shape index (κ2) is 7.84. The summed E-state index contributed by atoms with van der Waals surface area (Å²) in [6, 6.07) is 11.2. The molecule has 0 radical (unpaired) electrons. The second-order valence-electron chi connectivity index (χ2n) is 8.86. The summed E-state index contributed by atoms with van der Waals surface area (Å²) < 4.78 is 6.70. The van der Waals surface area contributed by atoms with Gasteiger partial charge in [-0.2, -0.15) is 0 Å². The molecule has 3 aromatic rings. The highest BCUT2D eigenvalue weighted by Crippen LogP contribution is 2.33. The number of rotatable bonds is 4. The lowest BCUT2D eigenvalue weighted by Gasteiger charge is -2.20. The molecule has 1 aromatic heterocycles. The van der Waals surface area contributed by atoms with E-state index < -0.39 is 28.4 Å². The Balaban J connectivity index is 1.80. The van der Waals surface area contributed by atoms with Crippen LogP contribution in [0.2, 0.25) is 0 Å². The first-order chi connectivity index (χ1) is 15.5. The number of aryl methyl sites for hydroxylation is 1. The van der Waals surface area contributed by atoms with Crippen molar-refractivity contribution in [3.8, 4) is 0 Å². The van der Waals surface area contributed by atoms with E-state index in [0.717, 1.165) is 4.90 Å². The zero-order valence-corrected chi connectivity index (χ0v) is 18.7. The molecule has 0 spiro atoms. The number of hydrogen-bond acceptors (Lipinski definition) is 6. The van der Waals surface area contributed by atoms with Crippen molar-refractivity contribution in [2.45, 2.75) is 46.3 Å². The molecular weight excluding hydrogens is 426 g/mol. The van der Waals surface area contributed by atoms with Gasteiger partial charge in [0.05, 0.1) is 22.6 Å². The molecule has 0 saturated heterocycles. The highest BCUT2D eigenvalue weighted by molar-refractivity contribution is 6.21. The summed E-state index contributed by atoms with van der Waals surface area (Å²) >= 11 is 0. The van der Waals surface area contributed by atoms with Crippen molar-refractivity contribution in [3.63, 3.8) is 0 Å². The fraction of sp³-hybridized carbons (Fsp3) is 0.292. The number of hydrogen-bond donors (Lipinski definition) is 0. The Bertz CT molecular complexity index is 1300. The molecule has 0 aliphatic carbocycles. The van der Waals surface area contributed by atoms with Crippen molar-refractivity contribution >= 4 is 34.5 Å². The number of benzene rings is 2. The summed E-state index contributed by atoms with van der Waals surface area (Å²) in [6.07, 6.45) is -0.260. The van der Waals surface area contributed by atoms with Gasteiger partial charge in [-0.3, -0.25) is 24.6 Å². The van der Waals surface area contributed by atoms with Gasteiger partial charge >= 0.3 is 6.09 Å². The van der Waals surface area contributed by atoms with E-state index in [0.29, 0.717) is 34.2 Å². The summed E-state index contributed by atoms with van der Waals surface area (Å²) in [4.78, 5) is 50.8. The molecule has 0 N–H and O–H groups in total. The van der Waals surface area contributed by atoms with E-state index >= 15 is 0 Å². The fourth-order valence-corrected chi connectivity index (χ4v) is 4.02. The van der Waals surface area contributed by atoms with Crippen molar-refractivity contribution in [2.24, 2.45) is 0 Å². The number of fused-ring (bicyclic) bond motifs is 2. The minimum absolute atomic E-state index is 0.122. The molecule has 9 heteroatoms. The van der Waals surface area contributed by atoms with Crippen LogP contribution in [0.25, 0.3) is 10.9 Å². The van der Waals surface area contributed by atoms with E-state index in [2.05, 4.69) is 0 Å². The van der Waals surface area contributed by atoms with E-state index in [1.54, 1.807) is 57.2 Å². The number of nitro groups is 1. The molecule has 0 saturated carbocycles. The first-order valence-electron chi connectivity index (χ1n) is 10.5. The maximum atomic E-state index is 12.9. The lowest BCUT2D eigenvalue weighted by Crippen LogP contribution is -2.29. The molecule has 1 aliphatic rings. The molecule has 33 heavy (non-hydrogen) atoms. The number of aromatic nitrogens is 1. The lowest BCUT2D eigenvalue weighted by molar-refractivity contribution is -0.383. The average Bonchev–Trinajstić information content (AvgIpc) is 3.23. The highest BCUT2D eigenvalue weighted by atomic mass is 16.6. The van der Waals surface area contributed by atoms with Crippen molar-refractivity contribution in [2.75, 3.05) is 0 Å². The number of amides is 2. The normalized spacial score (nSPS) is 13.5. The molecule has 2 aromatic carbocycles. The minimum Gasteiger partial charge on any atom is -0.443 e. The third-order valence-corrected chi connectivity index (χ3v) is 5.37. The molecule has 0 atom stereocenters. The predicted molar refractivity (Wildman–Crippen MR) is 120 cm³/mol. The van der Waals surface area contributed by atoms with Gasteiger partial charge in [0, 0.05) is 17.1 Å². The number of nitrogens with zero attached hydrogens (tertiary/aromatic N) is 3. The third-order valence-electron chi connectivity index (χ3n) is 5.37. The summed E-state index contributed by atoms with van der Waals surface area (Å²) in [5, 5.41) is 12.4. The molecule has 0 fully saturated rings. The summed E-state index contributed by atoms with van der Waals surface area (Å²) in [5.74, 6) is -0.891. The standard InChI is InChI=1S/C24H23N3O6/c1-5-16-12-15-10-14(13-25-21(28)17-8-6-7-9-18(17)22(25)29)11-19(27(31)32)20(15)26(16)23(30)33-24(2,3)4/h6-12H,5,13H2,1-4H3. The number of nitro benzene ring substituents is 1. The number of non-ortho nitro benzene ring substituents is 1. The van der Waals surface area contributed by atoms with Crippen LogP contribution >= 0.6 is 0 Å². The van der Waals surface area contributed by atoms with E-state index in [-0.39, 0.29) is 17.7 Å². The monoisotopic (exact) mass is 449 g/mol. The fourth-order valence-electron chi connectivity index (χ4n) is 4.02. The largest absolute Gasteiger partial charge is 0.443 e. The van der Waals surface area contributed by atoms with Crippen LogP contribution in [0.15, 0.2) is 42.5 Å². The van der Waals surface area contributed by atoms with Crippen LogP contribution in [0.1, 0.15) is 59.7 Å². The Morgan fingerprint density at radius 3 is 2.18 bits per heavy atom. The summed E-state index contributed by atoms with van der Waals surface area (Å²) in [6.45, 7) is 6.87. The first-order valence-corrected chi connectivity index (χ1v) is 10.5. The molecular formula is C24H23N3O6. The van der Waals surface area contributed by atoms with Crippen LogP contribution in [0, 0.1) is 10.1 Å². The van der Waals surface area contributed by atoms with Gasteiger partial charge in [0.25, 0.3) is 17.5 Å². The van der Waals surface area contributed by atoms with Gasteiger partial charge < -0.3 is 4.74 Å². The van der Waals surface area contributed by atoms with Gasteiger partial charge in [0.1, 0.15) is 11.1 Å². The average molecular weight is 449 g/mol. The molecule has 9 nitrogen and oxygen atoms in total. The van der Waals surface area contributed by atoms with Gasteiger partial charge in [-0.25, -0.2) is 9.36 Å². The predicted octanol–water partition coefficient (Wildman–Crippen LogP) is 4.69. The molecule has 4 rings (SSSR count). The molecule has 0 bridgehead atoms. The van der Waals surface area contributed by atoms with Gasteiger partial charge in [-0.05, 0) is 57.0 Å². The maximum Gasteiger partial charge on any atom is 0.419 e. The summed E-state index contributed by atoms with van der Waals surface area (Å²) in [5.41, 5.74) is 0.624. The highest BCUT2D eigenvalue weighted by Gasteiger charge is 2.36. The van der Waals surface area contributed by atoms with Crippen molar-refractivity contribution in [3.05, 3.63) is 75.0 Å². The van der Waals surface area contributed by atoms with Crippen LogP contribution in [-0.4, -0.2) is 37.9 Å². The van der Waals surface area contributed by atoms with Crippen LogP contribution < -0.4 is 0 Å². The number of imide groups is 1. The van der Waals surface area contributed by atoms with Gasteiger partial charge in [0.2, 0.25) is 0 Å². The Hall–Kier alpha value is -4.01. The van der Waals surface area contributed by atoms with E-state index in [1.165, 1.54) is 10.6 Å². The van der Waals surface area contributed by atoms with Crippen LogP contribution in [-0.2, 0) is 17.7 Å². The second-order valence-corrected chi connectivity index (χ2v) is 8.86. The topological polar surface area (TPSA) is 112 Å². The van der Waals surface area contributed by atoms with E-state index in [9.17, 15) is 24.5 Å². The van der Waals surface area contributed by atoms with Gasteiger partial charge in [-0.15, -0.1) is 0 Å². The zero-order chi connectivity index (χ0) is 24.1. The zero-order valence-electron chi connectivity index (χ0n) is 18.7. The molecule has 2 amide bonds. The van der Waals surface area contributed by atoms with Crippen LogP contribution in [0.3, 0.4) is 0 Å². The van der Waals surface area contributed by atoms with Crippen LogP contribution in [0.4, 0.5) is 10.5 Å². The van der Waals surface area contributed by atoms with E-state index in [4.69, 9.17) is 4.74 Å². The van der Waals surface area contributed by atoms with Crippen LogP contribution in [0.5, 0.6) is 0 Å². The third kappa shape index (κ3) is 3.86. The number of carbonyl (C=O) groups is 3. The first kappa shape index (κ1) is 22.2. The SMILES string of the molecule is CCc1cc2cc(CN3C(=O)c4ccccc4C3=O)cc([N+](=O)[O-])c2n1C(=O)OC(C)(C)C. The smallest absolute Gasteiger partial charge is 0.419 e. The van der Waals surface area contributed by atoms with Crippen molar-refractivity contribution in [1.82, 2.24) is 9.47 Å². The summed E-state index contributed by atoms with van der Waals surface area (Å²) in [7, 11) is 0. The Morgan fingerprint density at radius 1 is 1.06 bits per heavy atom. The lowest BCUT2D eigenvalue weighted by atomic mass is 10.1. The van der Waals surface area contributed by atoms with Crippen molar-refractivity contribution < 1.29 is 24.0 Å². The Labute approximate surface area is 189 Å². The molecule has 170 valence electrons. The quantitative estimate of drug-likeness (QED) is 0.324. The number of ether oxygens (including phenoxy) is 1. The number of carbonyl (C=O) groups excluding carboxylic acids is 3.